The van der Waals surface area contributed by atoms with Crippen LogP contribution in [0.25, 0.3) is 0 Å². The molecule has 1 N–H and O–H groups in total. The number of unbranched alkanes of at least 4 members (excludes halogenated alkanes) is 22. The number of quaternary nitrogens is 1. The average Bonchev–Trinajstić information content (AvgIpc) is 3.44. The molecular weight excluding hydrogens is 1040 g/mol. The molecule has 0 fully saturated rings. The lowest BCUT2D eigenvalue weighted by atomic mass is 10.0. The molecule has 0 saturated heterocycles. The summed E-state index contributed by atoms with van der Waals surface area (Å²) in [7, 11) is 1.14. The summed E-state index contributed by atoms with van der Waals surface area (Å²) in [5.74, 6) is -0.593. The van der Waals surface area contributed by atoms with Crippen molar-refractivity contribution in [1.29, 1.82) is 0 Å². The molecule has 0 aliphatic heterocycles. The van der Waals surface area contributed by atoms with Gasteiger partial charge in [0.2, 0.25) is 5.91 Å². The molecule has 0 radical (unpaired) electrons. The van der Waals surface area contributed by atoms with E-state index >= 15 is 0 Å². The number of carbonyl (C=O) groups excluding carboxylic acids is 2. The highest BCUT2D eigenvalue weighted by Gasteiger charge is 2.27. The molecule has 3 atom stereocenters. The summed E-state index contributed by atoms with van der Waals surface area (Å²) in [6.45, 7) is 6.57. The lowest BCUT2D eigenvalue weighted by Crippen LogP contribution is -2.47. The fraction of sp³-hybridized carbons (Fsp3) is 0.667. The van der Waals surface area contributed by atoms with Crippen molar-refractivity contribution in [3.05, 3.63) is 134 Å². The molecule has 0 aromatic heterocycles. The zero-order valence-corrected chi connectivity index (χ0v) is 54.3. The summed E-state index contributed by atoms with van der Waals surface area (Å²) in [6, 6.07) is -0.918. The number of likely N-dealkylation sites (N-methyl/N-ethyl adjacent to an activating group) is 1. The van der Waals surface area contributed by atoms with Gasteiger partial charge in [0.25, 0.3) is 7.82 Å². The smallest absolute Gasteiger partial charge is 0.306 e. The standard InChI is InChI=1S/C72H123N2O7P/c1-7-10-13-16-19-22-25-28-30-32-34-35-36-37-38-39-41-43-45-47-50-53-56-59-62-65-72(76)81-70(63-60-57-54-51-48-27-24-21-18-15-12-9-3)69(68-80-82(77,78)79-67-66-74(4,5)6)73-71(75)64-61-58-55-52-49-46-44-42-40-33-31-29-26-23-20-17-14-11-8-2/h10-11,13-14,19-20,22-23,28-31,34-35,37-38,40,42,46,49,60,63,69-70H,7-9,12,15-18,21,24-27,32-33,36,39,41,43-45,47-48,50-59,61-62,64-68H2,1-6H3,(H-,73,75,77,78)/b13-10-,14-11-,22-19-,23-20-,30-28-,31-29-,35-34-,38-37-,42-40-,49-46-,63-60-. The highest BCUT2D eigenvalue weighted by Crippen LogP contribution is 2.38. The van der Waals surface area contributed by atoms with Gasteiger partial charge in [-0.25, -0.2) is 0 Å². The molecule has 0 aliphatic rings. The Kier molecular flexibility index (Phi) is 57.4. The molecule has 0 saturated carbocycles. The van der Waals surface area contributed by atoms with Crippen LogP contribution in [0.2, 0.25) is 0 Å². The van der Waals surface area contributed by atoms with E-state index in [1.165, 1.54) is 83.5 Å². The van der Waals surface area contributed by atoms with Crippen LogP contribution < -0.4 is 10.2 Å². The number of carbonyl (C=O) groups is 2. The fourth-order valence-electron chi connectivity index (χ4n) is 8.81. The lowest BCUT2D eigenvalue weighted by molar-refractivity contribution is -0.870. The number of rotatable bonds is 58. The Labute approximate surface area is 505 Å². The lowest BCUT2D eigenvalue weighted by Gasteiger charge is -2.30. The van der Waals surface area contributed by atoms with E-state index in [-0.39, 0.29) is 31.3 Å². The second kappa shape index (κ2) is 60.3. The van der Waals surface area contributed by atoms with Gasteiger partial charge in [0.1, 0.15) is 19.3 Å². The number of hydrogen-bond acceptors (Lipinski definition) is 7. The van der Waals surface area contributed by atoms with Gasteiger partial charge < -0.3 is 28.5 Å². The van der Waals surface area contributed by atoms with E-state index in [1.807, 2.05) is 33.3 Å². The molecule has 0 spiro atoms. The topological polar surface area (TPSA) is 114 Å². The van der Waals surface area contributed by atoms with E-state index in [0.717, 1.165) is 128 Å². The number of nitrogens with zero attached hydrogens (tertiary/aromatic N) is 1. The van der Waals surface area contributed by atoms with Crippen molar-refractivity contribution in [2.45, 2.75) is 270 Å². The number of allylic oxidation sites excluding steroid dienone is 21. The van der Waals surface area contributed by atoms with Crippen LogP contribution in [-0.2, 0) is 27.9 Å². The van der Waals surface area contributed by atoms with Crippen LogP contribution in [0, 0.1) is 0 Å². The van der Waals surface area contributed by atoms with Crippen LogP contribution in [0.15, 0.2) is 134 Å². The van der Waals surface area contributed by atoms with Crippen molar-refractivity contribution in [2.24, 2.45) is 0 Å². The minimum atomic E-state index is -4.72. The van der Waals surface area contributed by atoms with Crippen LogP contribution in [0.1, 0.15) is 258 Å². The molecule has 0 heterocycles. The molecule has 1 amide bonds. The Morgan fingerprint density at radius 2 is 0.780 bits per heavy atom. The molecule has 0 aliphatic carbocycles. The van der Waals surface area contributed by atoms with Crippen LogP contribution in [0.5, 0.6) is 0 Å². The van der Waals surface area contributed by atoms with Gasteiger partial charge in [-0.15, -0.1) is 0 Å². The van der Waals surface area contributed by atoms with Gasteiger partial charge in [-0.2, -0.15) is 0 Å². The Morgan fingerprint density at radius 1 is 0.439 bits per heavy atom. The predicted molar refractivity (Wildman–Crippen MR) is 353 cm³/mol. The van der Waals surface area contributed by atoms with Gasteiger partial charge in [0.05, 0.1) is 33.8 Å². The third-order valence-corrected chi connectivity index (χ3v) is 14.8. The van der Waals surface area contributed by atoms with E-state index in [2.05, 4.69) is 148 Å². The second-order valence-corrected chi connectivity index (χ2v) is 24.3. The van der Waals surface area contributed by atoms with Gasteiger partial charge in [0, 0.05) is 12.8 Å². The van der Waals surface area contributed by atoms with Crippen molar-refractivity contribution in [3.63, 3.8) is 0 Å². The Hall–Kier alpha value is -3.85. The van der Waals surface area contributed by atoms with Gasteiger partial charge in [-0.05, 0) is 122 Å². The van der Waals surface area contributed by atoms with Crippen molar-refractivity contribution in [3.8, 4) is 0 Å². The SMILES string of the molecule is CC/C=C\C/C=C\C/C=C\C/C=C\C/C=C\CCCCCCCCCCCC(=O)OC(/C=C\CCCCCCCCCCCC)C(COP(=O)([O-])OCC[N+](C)(C)C)NC(=O)CCCCC/C=C\C/C=C\C/C=C\C/C=C\C/C=C\CC. The quantitative estimate of drug-likeness (QED) is 0.0212. The summed E-state index contributed by atoms with van der Waals surface area (Å²) in [5.41, 5.74) is 0. The first kappa shape index (κ1) is 78.1. The van der Waals surface area contributed by atoms with Crippen molar-refractivity contribution in [1.82, 2.24) is 5.32 Å². The number of phosphoric ester groups is 1. The molecule has 3 unspecified atom stereocenters. The monoisotopic (exact) mass is 1160 g/mol. The van der Waals surface area contributed by atoms with E-state index < -0.39 is 26.6 Å². The van der Waals surface area contributed by atoms with Crippen molar-refractivity contribution >= 4 is 19.7 Å². The number of ether oxygens (including phenoxy) is 1. The summed E-state index contributed by atoms with van der Waals surface area (Å²) in [4.78, 5) is 40.1. The highest BCUT2D eigenvalue weighted by molar-refractivity contribution is 7.45. The van der Waals surface area contributed by atoms with E-state index in [9.17, 15) is 19.0 Å². The number of esters is 1. The summed E-state index contributed by atoms with van der Waals surface area (Å²) in [5, 5.41) is 3.01. The number of hydrogen-bond donors (Lipinski definition) is 1. The second-order valence-electron chi connectivity index (χ2n) is 22.9. The number of nitrogens with one attached hydrogen (secondary N) is 1. The van der Waals surface area contributed by atoms with Crippen molar-refractivity contribution in [2.75, 3.05) is 40.9 Å². The van der Waals surface area contributed by atoms with Gasteiger partial charge in [-0.1, -0.05) is 258 Å². The number of phosphoric acid groups is 1. The third-order valence-electron chi connectivity index (χ3n) is 13.8. The molecule has 82 heavy (non-hydrogen) atoms. The molecular formula is C72H123N2O7P. The predicted octanol–water partition coefficient (Wildman–Crippen LogP) is 20.2. The Morgan fingerprint density at radius 3 is 1.18 bits per heavy atom. The largest absolute Gasteiger partial charge is 0.756 e. The van der Waals surface area contributed by atoms with E-state index in [1.54, 1.807) is 0 Å². The van der Waals surface area contributed by atoms with Crippen LogP contribution in [0.4, 0.5) is 0 Å². The van der Waals surface area contributed by atoms with Crippen LogP contribution >= 0.6 is 7.82 Å². The zero-order valence-electron chi connectivity index (χ0n) is 53.4. The van der Waals surface area contributed by atoms with E-state index in [0.29, 0.717) is 23.9 Å². The maximum Gasteiger partial charge on any atom is 0.306 e. The first-order chi connectivity index (χ1) is 39.9. The molecule has 0 rings (SSSR count). The third kappa shape index (κ3) is 60.7. The number of amides is 1. The molecule has 10 heteroatoms. The van der Waals surface area contributed by atoms with E-state index in [4.69, 9.17) is 13.8 Å². The molecule has 468 valence electrons. The van der Waals surface area contributed by atoms with Crippen molar-refractivity contribution < 1.29 is 37.3 Å². The maximum atomic E-state index is 13.6. The van der Waals surface area contributed by atoms with Crippen LogP contribution in [0.3, 0.4) is 0 Å². The molecule has 0 aromatic rings. The summed E-state index contributed by atoms with van der Waals surface area (Å²) >= 11 is 0. The van der Waals surface area contributed by atoms with Crippen LogP contribution in [-0.4, -0.2) is 69.4 Å². The summed E-state index contributed by atoms with van der Waals surface area (Å²) < 4.78 is 30.3. The highest BCUT2D eigenvalue weighted by atomic mass is 31.2. The van der Waals surface area contributed by atoms with Gasteiger partial charge in [-0.3, -0.25) is 14.2 Å². The van der Waals surface area contributed by atoms with Gasteiger partial charge >= 0.3 is 5.97 Å². The minimum Gasteiger partial charge on any atom is -0.756 e. The molecule has 9 nitrogen and oxygen atoms in total. The summed E-state index contributed by atoms with van der Waals surface area (Å²) in [6.07, 6.45) is 85.7. The first-order valence-electron chi connectivity index (χ1n) is 33.0. The Balaban J connectivity index is 5.23. The average molecular weight is 1160 g/mol. The van der Waals surface area contributed by atoms with Gasteiger partial charge in [0.15, 0.2) is 0 Å². The fourth-order valence-corrected chi connectivity index (χ4v) is 9.53. The normalized spacial score (nSPS) is 14.5. The Bertz CT molecular complexity index is 1860. The zero-order chi connectivity index (χ0) is 60.0. The first-order valence-corrected chi connectivity index (χ1v) is 34.5. The molecule has 0 bridgehead atoms. The minimum absolute atomic E-state index is 0.0372. The molecule has 0 aromatic carbocycles. The maximum absolute atomic E-state index is 13.6.